The molecule has 0 unspecified atom stereocenters. The van der Waals surface area contributed by atoms with Gasteiger partial charge in [-0.2, -0.15) is 5.26 Å². The number of anilines is 1. The zero-order valence-corrected chi connectivity index (χ0v) is 20.4. The minimum atomic E-state index is -3.54. The molecule has 0 saturated carbocycles. The van der Waals surface area contributed by atoms with E-state index < -0.39 is 15.7 Å². The summed E-state index contributed by atoms with van der Waals surface area (Å²) in [5.41, 5.74) is 2.48. The molecule has 1 heterocycles. The number of aryl methyl sites for hydroxylation is 1. The monoisotopic (exact) mass is 498 g/mol. The Morgan fingerprint density at radius 1 is 1.21 bits per heavy atom. The van der Waals surface area contributed by atoms with Crippen LogP contribution in [0, 0.1) is 18.3 Å². The summed E-state index contributed by atoms with van der Waals surface area (Å²) in [7, 11) is -2.04. The van der Waals surface area contributed by atoms with Crippen LogP contribution in [0.25, 0.3) is 6.08 Å². The second-order valence-electron chi connectivity index (χ2n) is 7.09. The number of benzene rings is 2. The summed E-state index contributed by atoms with van der Waals surface area (Å²) in [6, 6.07) is 14.8. The second kappa shape index (κ2) is 10.9. The third-order valence-electron chi connectivity index (χ3n) is 4.61. The van der Waals surface area contributed by atoms with Crippen LogP contribution in [0.15, 0.2) is 52.4 Å². The largest absolute Gasteiger partial charge is 0.493 e. The number of nitrogens with zero attached hydrogens (tertiary/aromatic N) is 3. The van der Waals surface area contributed by atoms with E-state index >= 15 is 0 Å². The third-order valence-corrected chi connectivity index (χ3v) is 7.63. The number of rotatable bonds is 9. The number of hydrogen-bond acceptors (Lipinski definition) is 9. The maximum atomic E-state index is 12.5. The lowest BCUT2D eigenvalue weighted by Crippen LogP contribution is -2.13. The zero-order chi connectivity index (χ0) is 24.7. The molecule has 0 aliphatic carbocycles. The van der Waals surface area contributed by atoms with Crippen molar-refractivity contribution in [1.29, 1.82) is 5.26 Å². The summed E-state index contributed by atoms with van der Waals surface area (Å²) in [6.07, 6.45) is 1.38. The molecular weight excluding hydrogens is 476 g/mol. The van der Waals surface area contributed by atoms with Gasteiger partial charge in [-0.15, -0.1) is 10.2 Å². The number of aromatic nitrogens is 2. The number of carbonyl (C=O) groups excluding carboxylic acids is 1. The number of sulfone groups is 1. The first kappa shape index (κ1) is 24.9. The molecule has 2 aromatic carbocycles. The van der Waals surface area contributed by atoms with Gasteiger partial charge in [0.15, 0.2) is 11.5 Å². The molecule has 0 radical (unpaired) electrons. The molecule has 176 valence electrons. The van der Waals surface area contributed by atoms with E-state index in [1.807, 2.05) is 37.3 Å². The maximum Gasteiger partial charge on any atom is 0.268 e. The molecule has 0 atom stereocenters. The fourth-order valence-corrected chi connectivity index (χ4v) is 4.83. The van der Waals surface area contributed by atoms with Crippen molar-refractivity contribution in [2.75, 3.05) is 18.2 Å². The lowest BCUT2D eigenvalue weighted by atomic mass is 10.1. The smallest absolute Gasteiger partial charge is 0.268 e. The molecule has 0 aliphatic rings. The standard InChI is InChI=1S/C23H22N4O5S2/c1-4-34(29,30)23-27-26-22(33-23)25-21(28)18(13-24)11-16-8-9-19(20(12-16)31-3)32-14-17-7-5-6-15(2)10-17/h5-12H,4,14H2,1-3H3,(H,25,26,28)/b18-11-. The van der Waals surface area contributed by atoms with Gasteiger partial charge < -0.3 is 9.47 Å². The SMILES string of the molecule is CCS(=O)(=O)c1nnc(NC(=O)/C(C#N)=C\c2ccc(OCc3cccc(C)c3)c(OC)c2)s1. The molecule has 0 spiro atoms. The molecule has 1 amide bonds. The average molecular weight is 499 g/mol. The van der Waals surface area contributed by atoms with Gasteiger partial charge in [-0.3, -0.25) is 10.1 Å². The van der Waals surface area contributed by atoms with E-state index in [0.29, 0.717) is 23.7 Å². The third kappa shape index (κ3) is 6.18. The topological polar surface area (TPSA) is 131 Å². The van der Waals surface area contributed by atoms with Gasteiger partial charge in [-0.25, -0.2) is 8.42 Å². The number of ether oxygens (including phenoxy) is 2. The van der Waals surface area contributed by atoms with Gasteiger partial charge in [0.05, 0.1) is 12.9 Å². The van der Waals surface area contributed by atoms with Gasteiger partial charge in [0, 0.05) is 0 Å². The van der Waals surface area contributed by atoms with Crippen molar-refractivity contribution >= 4 is 38.3 Å². The minimum absolute atomic E-state index is 0.0179. The second-order valence-corrected chi connectivity index (χ2v) is 10.5. The van der Waals surface area contributed by atoms with Crippen molar-refractivity contribution in [2.45, 2.75) is 24.8 Å². The van der Waals surface area contributed by atoms with Gasteiger partial charge in [0.25, 0.3) is 5.91 Å². The van der Waals surface area contributed by atoms with Crippen molar-refractivity contribution in [3.8, 4) is 17.6 Å². The highest BCUT2D eigenvalue weighted by Crippen LogP contribution is 2.30. The summed E-state index contributed by atoms with van der Waals surface area (Å²) in [6.45, 7) is 3.85. The van der Waals surface area contributed by atoms with E-state index in [0.717, 1.165) is 22.5 Å². The fraction of sp³-hybridized carbons (Fsp3) is 0.217. The Morgan fingerprint density at radius 3 is 2.68 bits per heavy atom. The number of methoxy groups -OCH3 is 1. The van der Waals surface area contributed by atoms with Gasteiger partial charge in [-0.1, -0.05) is 54.2 Å². The molecule has 1 aromatic heterocycles. The summed E-state index contributed by atoms with van der Waals surface area (Å²) in [4.78, 5) is 12.5. The lowest BCUT2D eigenvalue weighted by Gasteiger charge is -2.12. The van der Waals surface area contributed by atoms with Crippen LogP contribution in [0.5, 0.6) is 11.5 Å². The first-order valence-electron chi connectivity index (χ1n) is 10.1. The minimum Gasteiger partial charge on any atom is -0.493 e. The number of nitrogens with one attached hydrogen (secondary N) is 1. The highest BCUT2D eigenvalue weighted by atomic mass is 32.2. The summed E-state index contributed by atoms with van der Waals surface area (Å²) < 4.78 is 34.8. The van der Waals surface area contributed by atoms with Crippen LogP contribution < -0.4 is 14.8 Å². The molecule has 0 saturated heterocycles. The lowest BCUT2D eigenvalue weighted by molar-refractivity contribution is -0.112. The first-order valence-corrected chi connectivity index (χ1v) is 12.6. The highest BCUT2D eigenvalue weighted by molar-refractivity contribution is 7.93. The summed E-state index contributed by atoms with van der Waals surface area (Å²) in [5.74, 6) is 0.0870. The Balaban J connectivity index is 1.75. The molecule has 3 rings (SSSR count). The van der Waals surface area contributed by atoms with Gasteiger partial charge in [0.1, 0.15) is 18.2 Å². The van der Waals surface area contributed by atoms with E-state index in [1.165, 1.54) is 20.1 Å². The maximum absolute atomic E-state index is 12.5. The van der Waals surface area contributed by atoms with E-state index in [1.54, 1.807) is 18.2 Å². The van der Waals surface area contributed by atoms with Crippen LogP contribution in [-0.2, 0) is 21.2 Å². The van der Waals surface area contributed by atoms with Crippen molar-refractivity contribution < 1.29 is 22.7 Å². The van der Waals surface area contributed by atoms with E-state index in [-0.39, 0.29) is 20.8 Å². The van der Waals surface area contributed by atoms with Crippen LogP contribution in [0.1, 0.15) is 23.6 Å². The van der Waals surface area contributed by atoms with Crippen molar-refractivity contribution in [3.63, 3.8) is 0 Å². The van der Waals surface area contributed by atoms with Crippen molar-refractivity contribution in [3.05, 3.63) is 64.7 Å². The van der Waals surface area contributed by atoms with Gasteiger partial charge >= 0.3 is 0 Å². The Kier molecular flexibility index (Phi) is 7.99. The molecule has 0 bridgehead atoms. The Labute approximate surface area is 201 Å². The van der Waals surface area contributed by atoms with Gasteiger partial charge in [0.2, 0.25) is 19.3 Å². The Bertz CT molecular complexity index is 1370. The summed E-state index contributed by atoms with van der Waals surface area (Å²) in [5, 5.41) is 19.1. The summed E-state index contributed by atoms with van der Waals surface area (Å²) >= 11 is 0.724. The molecule has 0 fully saturated rings. The van der Waals surface area contributed by atoms with E-state index in [9.17, 15) is 18.5 Å². The van der Waals surface area contributed by atoms with Crippen LogP contribution in [0.2, 0.25) is 0 Å². The molecule has 34 heavy (non-hydrogen) atoms. The Hall–Kier alpha value is -3.75. The Morgan fingerprint density at radius 2 is 2.00 bits per heavy atom. The highest BCUT2D eigenvalue weighted by Gasteiger charge is 2.20. The van der Waals surface area contributed by atoms with E-state index in [4.69, 9.17) is 9.47 Å². The fourth-order valence-electron chi connectivity index (χ4n) is 2.85. The number of nitriles is 1. The van der Waals surface area contributed by atoms with Crippen molar-refractivity contribution in [2.24, 2.45) is 0 Å². The van der Waals surface area contributed by atoms with Gasteiger partial charge in [-0.05, 0) is 36.3 Å². The normalized spacial score (nSPS) is 11.5. The molecular formula is C23H22N4O5S2. The predicted molar refractivity (Wildman–Crippen MR) is 128 cm³/mol. The predicted octanol–water partition coefficient (Wildman–Crippen LogP) is 3.77. The first-order chi connectivity index (χ1) is 16.2. The van der Waals surface area contributed by atoms with E-state index in [2.05, 4.69) is 15.5 Å². The number of amides is 1. The molecule has 3 aromatic rings. The van der Waals surface area contributed by atoms with Crippen molar-refractivity contribution in [1.82, 2.24) is 10.2 Å². The molecule has 0 aliphatic heterocycles. The van der Waals surface area contributed by atoms with Crippen LogP contribution in [0.4, 0.5) is 5.13 Å². The molecule has 11 heteroatoms. The molecule has 1 N–H and O–H groups in total. The molecule has 9 nitrogen and oxygen atoms in total. The average Bonchev–Trinajstić information content (AvgIpc) is 3.30. The number of hydrogen-bond donors (Lipinski definition) is 1. The quantitative estimate of drug-likeness (QED) is 0.268. The van der Waals surface area contributed by atoms with Crippen LogP contribution >= 0.6 is 11.3 Å². The van der Waals surface area contributed by atoms with Crippen LogP contribution in [0.3, 0.4) is 0 Å². The van der Waals surface area contributed by atoms with Crippen LogP contribution in [-0.4, -0.2) is 37.4 Å². The zero-order valence-electron chi connectivity index (χ0n) is 18.7. The number of carbonyl (C=O) groups is 1.